The van der Waals surface area contributed by atoms with Crippen LogP contribution in [0.25, 0.3) is 0 Å². The van der Waals surface area contributed by atoms with Gasteiger partial charge in [-0.3, -0.25) is 14.4 Å². The lowest BCUT2D eigenvalue weighted by molar-refractivity contribution is -0.136. The average Bonchev–Trinajstić information content (AvgIpc) is 2.69. The second kappa shape index (κ2) is 8.10. The molecule has 0 radical (unpaired) electrons. The van der Waals surface area contributed by atoms with E-state index in [0.29, 0.717) is 26.7 Å². The van der Waals surface area contributed by atoms with Gasteiger partial charge in [0.05, 0.1) is 6.42 Å². The highest BCUT2D eigenvalue weighted by atomic mass is 79.9. The van der Waals surface area contributed by atoms with E-state index in [1.54, 1.807) is 54.6 Å². The molecule has 0 unspecified atom stereocenters. The second-order valence-corrected chi connectivity index (χ2v) is 6.80. The minimum atomic E-state index is -1.07. The van der Waals surface area contributed by atoms with Crippen molar-refractivity contribution in [2.45, 2.75) is 6.42 Å². The van der Waals surface area contributed by atoms with Crippen LogP contribution in [0, 0.1) is 0 Å². The summed E-state index contributed by atoms with van der Waals surface area (Å²) >= 11 is 3.37. The topological polar surface area (TPSA) is 71.4 Å². The fourth-order valence-corrected chi connectivity index (χ4v) is 3.33. The first-order valence-corrected chi connectivity index (χ1v) is 9.00. The Kier molecular flexibility index (Phi) is 5.62. The van der Waals surface area contributed by atoms with Crippen LogP contribution >= 0.6 is 15.9 Å². The summed E-state index contributed by atoms with van der Waals surface area (Å²) in [6.07, 6.45) is -0.351. The molecule has 0 heterocycles. The molecule has 27 heavy (non-hydrogen) atoms. The Morgan fingerprint density at radius 2 is 1.22 bits per heavy atom. The summed E-state index contributed by atoms with van der Waals surface area (Å²) < 4.78 is 0.449. The highest BCUT2D eigenvalue weighted by Gasteiger charge is 2.21. The number of carbonyl (C=O) groups excluding carboxylic acids is 2. The van der Waals surface area contributed by atoms with Crippen molar-refractivity contribution in [3.63, 3.8) is 0 Å². The molecule has 3 rings (SSSR count). The Hall–Kier alpha value is -3.05. The lowest BCUT2D eigenvalue weighted by Gasteiger charge is -2.12. The summed E-state index contributed by atoms with van der Waals surface area (Å²) in [6.45, 7) is 0. The number of carboxylic acid groups (broad SMARTS) is 1. The maximum atomic E-state index is 12.9. The summed E-state index contributed by atoms with van der Waals surface area (Å²) in [6, 6.07) is 20.3. The van der Waals surface area contributed by atoms with E-state index in [4.69, 9.17) is 0 Å². The van der Waals surface area contributed by atoms with Crippen molar-refractivity contribution < 1.29 is 19.5 Å². The van der Waals surface area contributed by atoms with Gasteiger partial charge in [-0.2, -0.15) is 0 Å². The van der Waals surface area contributed by atoms with E-state index in [-0.39, 0.29) is 23.6 Å². The number of carboxylic acids is 1. The predicted molar refractivity (Wildman–Crippen MR) is 105 cm³/mol. The van der Waals surface area contributed by atoms with Crippen molar-refractivity contribution in [2.24, 2.45) is 0 Å². The average molecular weight is 423 g/mol. The van der Waals surface area contributed by atoms with Crippen LogP contribution < -0.4 is 0 Å². The SMILES string of the molecule is O=C(O)Cc1cc(C(=O)c2ccccc2)c(Br)cc1C(=O)c1ccccc1. The van der Waals surface area contributed by atoms with Crippen LogP contribution in [0.2, 0.25) is 0 Å². The normalized spacial score (nSPS) is 10.4. The number of halogens is 1. The van der Waals surface area contributed by atoms with E-state index in [2.05, 4.69) is 15.9 Å². The summed E-state index contributed by atoms with van der Waals surface area (Å²) in [5.41, 5.74) is 1.83. The molecule has 5 heteroatoms. The molecular formula is C22H15BrO4. The number of hydrogen-bond donors (Lipinski definition) is 1. The van der Waals surface area contributed by atoms with Gasteiger partial charge in [0, 0.05) is 26.7 Å². The van der Waals surface area contributed by atoms with Crippen LogP contribution in [-0.2, 0) is 11.2 Å². The third-order valence-corrected chi connectivity index (χ3v) is 4.75. The molecule has 0 aliphatic carbocycles. The van der Waals surface area contributed by atoms with Crippen molar-refractivity contribution in [2.75, 3.05) is 0 Å². The van der Waals surface area contributed by atoms with E-state index < -0.39 is 5.97 Å². The Morgan fingerprint density at radius 3 is 1.70 bits per heavy atom. The minimum absolute atomic E-state index is 0.243. The van der Waals surface area contributed by atoms with Crippen molar-refractivity contribution in [3.05, 3.63) is 105 Å². The molecule has 0 fully saturated rings. The Bertz CT molecular complexity index is 1010. The Morgan fingerprint density at radius 1 is 0.741 bits per heavy atom. The van der Waals surface area contributed by atoms with Crippen LogP contribution in [0.4, 0.5) is 0 Å². The number of benzene rings is 3. The van der Waals surface area contributed by atoms with E-state index in [9.17, 15) is 19.5 Å². The standard InChI is InChI=1S/C22H15BrO4/c23-19-13-17(21(26)14-7-3-1-4-8-14)16(12-20(24)25)11-18(19)22(27)15-9-5-2-6-10-15/h1-11,13H,12H2,(H,24,25). The first-order chi connectivity index (χ1) is 13.0. The fraction of sp³-hybridized carbons (Fsp3) is 0.0455. The van der Waals surface area contributed by atoms with Crippen LogP contribution in [0.3, 0.4) is 0 Å². The van der Waals surface area contributed by atoms with E-state index in [0.717, 1.165) is 0 Å². The molecule has 0 saturated carbocycles. The maximum Gasteiger partial charge on any atom is 0.307 e. The number of hydrogen-bond acceptors (Lipinski definition) is 3. The molecule has 0 bridgehead atoms. The second-order valence-electron chi connectivity index (χ2n) is 5.95. The third kappa shape index (κ3) is 4.20. The summed E-state index contributed by atoms with van der Waals surface area (Å²) in [5, 5.41) is 9.25. The number of carbonyl (C=O) groups is 3. The number of ketones is 2. The monoisotopic (exact) mass is 422 g/mol. The first kappa shape index (κ1) is 18.7. The smallest absolute Gasteiger partial charge is 0.307 e. The molecule has 0 aliphatic heterocycles. The quantitative estimate of drug-likeness (QED) is 0.591. The van der Waals surface area contributed by atoms with Gasteiger partial charge < -0.3 is 5.11 Å². The van der Waals surface area contributed by atoms with Gasteiger partial charge in [0.1, 0.15) is 0 Å². The molecule has 0 aromatic heterocycles. The Balaban J connectivity index is 2.10. The van der Waals surface area contributed by atoms with Gasteiger partial charge in [-0.1, -0.05) is 76.6 Å². The lowest BCUT2D eigenvalue weighted by Crippen LogP contribution is -2.12. The van der Waals surface area contributed by atoms with Crippen molar-refractivity contribution >= 4 is 33.5 Å². The van der Waals surface area contributed by atoms with E-state index in [1.165, 1.54) is 12.1 Å². The van der Waals surface area contributed by atoms with Crippen molar-refractivity contribution in [1.82, 2.24) is 0 Å². The fourth-order valence-electron chi connectivity index (χ4n) is 2.80. The van der Waals surface area contributed by atoms with Gasteiger partial charge in [-0.05, 0) is 17.7 Å². The highest BCUT2D eigenvalue weighted by molar-refractivity contribution is 9.10. The van der Waals surface area contributed by atoms with Gasteiger partial charge in [0.25, 0.3) is 0 Å². The number of rotatable bonds is 6. The summed E-state index contributed by atoms with van der Waals surface area (Å²) in [5.74, 6) is -1.60. The first-order valence-electron chi connectivity index (χ1n) is 8.21. The van der Waals surface area contributed by atoms with Gasteiger partial charge in [-0.15, -0.1) is 0 Å². The third-order valence-electron chi connectivity index (χ3n) is 4.10. The highest BCUT2D eigenvalue weighted by Crippen LogP contribution is 2.27. The zero-order valence-corrected chi connectivity index (χ0v) is 15.8. The van der Waals surface area contributed by atoms with E-state index in [1.807, 2.05) is 6.07 Å². The molecule has 3 aromatic rings. The molecule has 0 spiro atoms. The summed E-state index contributed by atoms with van der Waals surface area (Å²) in [4.78, 5) is 37.0. The van der Waals surface area contributed by atoms with Gasteiger partial charge in [0.15, 0.2) is 11.6 Å². The molecule has 134 valence electrons. The number of aliphatic carboxylic acids is 1. The maximum absolute atomic E-state index is 12.9. The van der Waals surface area contributed by atoms with Crippen LogP contribution in [-0.4, -0.2) is 22.6 Å². The van der Waals surface area contributed by atoms with Gasteiger partial charge in [-0.25, -0.2) is 0 Å². The van der Waals surface area contributed by atoms with Gasteiger partial charge in [0.2, 0.25) is 0 Å². The zero-order valence-electron chi connectivity index (χ0n) is 14.2. The minimum Gasteiger partial charge on any atom is -0.481 e. The molecule has 0 saturated heterocycles. The van der Waals surface area contributed by atoms with Crippen LogP contribution in [0.15, 0.2) is 77.3 Å². The predicted octanol–water partition coefficient (Wildman–Crippen LogP) is 4.54. The van der Waals surface area contributed by atoms with Crippen molar-refractivity contribution in [1.29, 1.82) is 0 Å². The van der Waals surface area contributed by atoms with Gasteiger partial charge >= 0.3 is 5.97 Å². The lowest BCUT2D eigenvalue weighted by atomic mass is 9.92. The molecule has 0 aliphatic rings. The van der Waals surface area contributed by atoms with Crippen LogP contribution in [0.5, 0.6) is 0 Å². The van der Waals surface area contributed by atoms with Crippen LogP contribution in [0.1, 0.15) is 37.4 Å². The molecule has 0 atom stereocenters. The molecule has 3 aromatic carbocycles. The Labute approximate surface area is 164 Å². The largest absolute Gasteiger partial charge is 0.481 e. The summed E-state index contributed by atoms with van der Waals surface area (Å²) in [7, 11) is 0. The molecular weight excluding hydrogens is 408 g/mol. The molecule has 4 nitrogen and oxygen atoms in total. The molecule has 1 N–H and O–H groups in total. The van der Waals surface area contributed by atoms with Crippen molar-refractivity contribution in [3.8, 4) is 0 Å². The van der Waals surface area contributed by atoms with E-state index >= 15 is 0 Å². The molecule has 0 amide bonds. The zero-order chi connectivity index (χ0) is 19.4.